The molecule has 11 nitrogen and oxygen atoms in total. The lowest BCUT2D eigenvalue weighted by Crippen LogP contribution is -2.33. The normalized spacial score (nSPS) is 11.2. The van der Waals surface area contributed by atoms with E-state index in [9.17, 15) is 33.4 Å². The average molecular weight is 508 g/mol. The summed E-state index contributed by atoms with van der Waals surface area (Å²) in [6.45, 7) is 5.70. The first-order valence-electron chi connectivity index (χ1n) is 9.58. The highest BCUT2D eigenvalue weighted by Gasteiger charge is 2.33. The molecular formula is C19H22F3N3O8P+. The maximum atomic E-state index is 12.9. The molecule has 0 fully saturated rings. The predicted molar refractivity (Wildman–Crippen MR) is 116 cm³/mol. The minimum absolute atomic E-state index is 0.000477. The number of nitrogens with one attached hydrogen (secondary N) is 1. The molecular weight excluding hydrogens is 486 g/mol. The summed E-state index contributed by atoms with van der Waals surface area (Å²) in [5.41, 5.74) is -2.60. The van der Waals surface area contributed by atoms with Crippen molar-refractivity contribution in [1.82, 2.24) is 0 Å². The van der Waals surface area contributed by atoms with E-state index in [0.29, 0.717) is 25.0 Å². The van der Waals surface area contributed by atoms with Crippen LogP contribution in [0.15, 0.2) is 36.4 Å². The average Bonchev–Trinajstić information content (AvgIpc) is 2.72. The second kappa shape index (κ2) is 11.7. The zero-order chi connectivity index (χ0) is 26.3. The minimum atomic E-state index is -4.75. The van der Waals surface area contributed by atoms with Gasteiger partial charge in [-0.25, -0.2) is 0 Å². The van der Waals surface area contributed by atoms with Crippen molar-refractivity contribution >= 4 is 25.3 Å². The zero-order valence-corrected chi connectivity index (χ0v) is 19.1. The first-order valence-corrected chi connectivity index (χ1v) is 10.7. The molecule has 15 heteroatoms. The summed E-state index contributed by atoms with van der Waals surface area (Å²) in [7, 11) is -2.87. The van der Waals surface area contributed by atoms with Gasteiger partial charge in [0.2, 0.25) is 5.75 Å². The van der Waals surface area contributed by atoms with Crippen molar-refractivity contribution in [3.63, 3.8) is 0 Å². The van der Waals surface area contributed by atoms with Gasteiger partial charge in [-0.3, -0.25) is 20.2 Å². The summed E-state index contributed by atoms with van der Waals surface area (Å²) >= 11 is 0. The molecule has 2 aromatic rings. The van der Waals surface area contributed by atoms with Crippen LogP contribution in [-0.4, -0.2) is 25.2 Å². The number of benzene rings is 2. The van der Waals surface area contributed by atoms with Crippen LogP contribution in [0.5, 0.6) is 11.5 Å². The first kappa shape index (κ1) is 28.7. The topological polar surface area (TPSA) is 165 Å². The Morgan fingerprint density at radius 1 is 1.00 bits per heavy atom. The van der Waals surface area contributed by atoms with Gasteiger partial charge in [-0.2, -0.15) is 13.2 Å². The van der Waals surface area contributed by atoms with Crippen LogP contribution in [0.4, 0.5) is 30.2 Å². The lowest BCUT2D eigenvalue weighted by atomic mass is 9.95. The van der Waals surface area contributed by atoms with E-state index in [1.165, 1.54) is 18.2 Å². The second-order valence-corrected chi connectivity index (χ2v) is 7.63. The number of rotatable bonds is 8. The highest BCUT2D eigenvalue weighted by Crippen LogP contribution is 2.39. The highest BCUT2D eigenvalue weighted by atomic mass is 31.1. The maximum Gasteiger partial charge on any atom is 0.692 e. The fraction of sp³-hybridized carbons (Fsp3) is 0.368. The number of anilines is 1. The van der Waals surface area contributed by atoms with Crippen molar-refractivity contribution in [2.24, 2.45) is 0 Å². The summed E-state index contributed by atoms with van der Waals surface area (Å²) < 4.78 is 52.7. The molecule has 0 aliphatic rings. The quantitative estimate of drug-likeness (QED) is 0.222. The molecule has 0 aromatic heterocycles. The first-order chi connectivity index (χ1) is 15.6. The summed E-state index contributed by atoms with van der Waals surface area (Å²) in [6, 6.07) is 5.57. The molecule has 0 unspecified atom stereocenters. The Hall–Kier alpha value is -3.35. The molecule has 0 aliphatic carbocycles. The molecule has 0 heterocycles. The number of alkyl halides is 3. The van der Waals surface area contributed by atoms with Crippen molar-refractivity contribution in [1.29, 1.82) is 0 Å². The number of halogens is 3. The van der Waals surface area contributed by atoms with Crippen LogP contribution in [-0.2, 0) is 10.7 Å². The summed E-state index contributed by atoms with van der Waals surface area (Å²) in [5.74, 6) is -0.415. The molecule has 0 spiro atoms. The van der Waals surface area contributed by atoms with E-state index in [-0.39, 0.29) is 17.1 Å². The van der Waals surface area contributed by atoms with E-state index < -0.39 is 46.8 Å². The van der Waals surface area contributed by atoms with Crippen LogP contribution in [0.2, 0.25) is 0 Å². The predicted octanol–water partition coefficient (Wildman–Crippen LogP) is 5.93. The van der Waals surface area contributed by atoms with Gasteiger partial charge < -0.3 is 10.1 Å². The lowest BCUT2D eigenvalue weighted by Gasteiger charge is -2.29. The van der Waals surface area contributed by atoms with E-state index in [4.69, 9.17) is 19.1 Å². The number of hydrogen-bond donors (Lipinski definition) is 3. The molecule has 0 bridgehead atoms. The fourth-order valence-corrected chi connectivity index (χ4v) is 2.64. The molecule has 0 aliphatic heterocycles. The van der Waals surface area contributed by atoms with Crippen molar-refractivity contribution in [2.45, 2.75) is 45.3 Å². The van der Waals surface area contributed by atoms with E-state index in [2.05, 4.69) is 5.32 Å². The van der Waals surface area contributed by atoms with Crippen LogP contribution in [0.3, 0.4) is 0 Å². The molecule has 0 saturated carbocycles. The van der Waals surface area contributed by atoms with Crippen LogP contribution < -0.4 is 10.1 Å². The standard InChI is InChI=1S/C19H20F3N3O5.HO3P/c1-4-18(3,5-2)23-14-11-13(7-8-15(14)24(26)27)30-17-9-6-12(19(20,21)22)10-16(17)25(28)29;1-4(2)3/h6-11,23H,4-5H2,1-3H3;(H-,1,2,3)/p+1. The number of ether oxygens (including phenoxy) is 1. The van der Waals surface area contributed by atoms with Gasteiger partial charge in [0.1, 0.15) is 11.4 Å². The molecule has 0 radical (unpaired) electrons. The SMILES string of the molecule is CCC(C)(CC)Nc1cc(Oc2ccc(C(F)(F)F)cc2[N+](=O)[O-])ccc1[N+](=O)[O-].O=[P+](O)O. The number of nitro benzene ring substituents is 2. The maximum absolute atomic E-state index is 12.9. The fourth-order valence-electron chi connectivity index (χ4n) is 2.64. The Balaban J connectivity index is 0.00000133. The van der Waals surface area contributed by atoms with Crippen molar-refractivity contribution < 1.29 is 42.1 Å². The Bertz CT molecular complexity index is 1060. The van der Waals surface area contributed by atoms with Crippen molar-refractivity contribution in [3.8, 4) is 11.5 Å². The Kier molecular flexibility index (Phi) is 9.85. The van der Waals surface area contributed by atoms with E-state index in [1.54, 1.807) is 0 Å². The van der Waals surface area contributed by atoms with Gasteiger partial charge >= 0.3 is 20.1 Å². The Morgan fingerprint density at radius 2 is 1.53 bits per heavy atom. The van der Waals surface area contributed by atoms with Crippen molar-refractivity contribution in [3.05, 3.63) is 62.2 Å². The van der Waals surface area contributed by atoms with E-state index >= 15 is 0 Å². The molecule has 186 valence electrons. The van der Waals surface area contributed by atoms with Crippen LogP contribution in [0.25, 0.3) is 0 Å². The lowest BCUT2D eigenvalue weighted by molar-refractivity contribution is -0.385. The van der Waals surface area contributed by atoms with Gasteiger partial charge in [0.25, 0.3) is 5.69 Å². The van der Waals surface area contributed by atoms with Crippen molar-refractivity contribution in [2.75, 3.05) is 5.32 Å². The third kappa shape index (κ3) is 8.21. The molecule has 34 heavy (non-hydrogen) atoms. The van der Waals surface area contributed by atoms with Gasteiger partial charge in [0, 0.05) is 28.3 Å². The Morgan fingerprint density at radius 3 is 1.97 bits per heavy atom. The molecule has 3 N–H and O–H groups in total. The minimum Gasteiger partial charge on any atom is -0.450 e. The zero-order valence-electron chi connectivity index (χ0n) is 18.2. The molecule has 0 saturated heterocycles. The van der Waals surface area contributed by atoms with Gasteiger partial charge in [0.15, 0.2) is 0 Å². The van der Waals surface area contributed by atoms with E-state index in [0.717, 1.165) is 6.07 Å². The molecule has 0 atom stereocenters. The second-order valence-electron chi connectivity index (χ2n) is 7.12. The molecule has 0 amide bonds. The van der Waals surface area contributed by atoms with Gasteiger partial charge in [-0.15, -0.1) is 9.79 Å². The summed E-state index contributed by atoms with van der Waals surface area (Å²) in [4.78, 5) is 35.3. The van der Waals surface area contributed by atoms with E-state index in [1.807, 2.05) is 20.8 Å². The molecule has 2 rings (SSSR count). The van der Waals surface area contributed by atoms with Gasteiger partial charge in [-0.05, 0) is 38.0 Å². The smallest absolute Gasteiger partial charge is 0.450 e. The number of nitrogens with zero attached hydrogens (tertiary/aromatic N) is 2. The molecule has 2 aromatic carbocycles. The van der Waals surface area contributed by atoms with Gasteiger partial charge in [0.05, 0.1) is 15.4 Å². The highest BCUT2D eigenvalue weighted by molar-refractivity contribution is 7.30. The third-order valence-electron chi connectivity index (χ3n) is 4.87. The number of nitro groups is 2. The summed E-state index contributed by atoms with van der Waals surface area (Å²) in [6.07, 6.45) is -3.43. The Labute approximate surface area is 192 Å². The van der Waals surface area contributed by atoms with Gasteiger partial charge in [-0.1, -0.05) is 13.8 Å². The summed E-state index contributed by atoms with van der Waals surface area (Å²) in [5, 5.41) is 25.7. The monoisotopic (exact) mass is 508 g/mol. The number of hydrogen-bond acceptors (Lipinski definition) is 7. The third-order valence-corrected chi connectivity index (χ3v) is 4.87. The van der Waals surface area contributed by atoms with Crippen LogP contribution >= 0.6 is 8.25 Å². The van der Waals surface area contributed by atoms with Crippen LogP contribution in [0, 0.1) is 20.2 Å². The van der Waals surface area contributed by atoms with Crippen LogP contribution in [0.1, 0.15) is 39.2 Å². The largest absolute Gasteiger partial charge is 0.692 e.